The molecule has 0 radical (unpaired) electrons. The minimum atomic E-state index is -0.182. The van der Waals surface area contributed by atoms with Crippen LogP contribution in [0.5, 0.6) is 0 Å². The molecule has 0 aliphatic heterocycles. The maximum atomic E-state index is 11.6. The third-order valence-electron chi connectivity index (χ3n) is 1.71. The molecule has 3 nitrogen and oxygen atoms in total. The Balaban J connectivity index is 2.56. The van der Waals surface area contributed by atoms with Gasteiger partial charge in [-0.2, -0.15) is 0 Å². The van der Waals surface area contributed by atoms with E-state index in [1.54, 1.807) is 11.4 Å². The molecule has 0 bridgehead atoms. The Hall–Kier alpha value is -0.650. The number of carbonyl (C=O) groups is 1. The number of amides is 1. The molecule has 82 valence electrons. The molecule has 1 aromatic rings. The molecule has 6 heteroatoms. The van der Waals surface area contributed by atoms with Crippen molar-refractivity contribution in [1.29, 1.82) is 0 Å². The minimum absolute atomic E-state index is 0.0758. The summed E-state index contributed by atoms with van der Waals surface area (Å²) in [6, 6.07) is 1.62. The summed E-state index contributed by atoms with van der Waals surface area (Å²) in [7, 11) is 0. The highest BCUT2D eigenvalue weighted by molar-refractivity contribution is 7.80. The number of rotatable bonds is 4. The molecule has 1 heterocycles. The van der Waals surface area contributed by atoms with Crippen molar-refractivity contribution in [1.82, 2.24) is 5.32 Å². The summed E-state index contributed by atoms with van der Waals surface area (Å²) in [5.41, 5.74) is 5.37. The zero-order valence-corrected chi connectivity index (χ0v) is 10.5. The number of thiocarbonyl (C=S) groups is 1. The van der Waals surface area contributed by atoms with Gasteiger partial charge >= 0.3 is 0 Å². The van der Waals surface area contributed by atoms with Crippen molar-refractivity contribution >= 4 is 46.1 Å². The number of hydrogen-bond donors (Lipinski definition) is 2. The molecule has 1 rings (SSSR count). The first kappa shape index (κ1) is 12.4. The van der Waals surface area contributed by atoms with Gasteiger partial charge in [0.05, 0.1) is 10.0 Å². The molecule has 1 unspecified atom stereocenters. The Kier molecular flexibility index (Phi) is 4.50. The zero-order valence-electron chi connectivity index (χ0n) is 8.12. The summed E-state index contributed by atoms with van der Waals surface area (Å²) in [6.07, 6.45) is 0.490. The zero-order chi connectivity index (χ0) is 11.4. The van der Waals surface area contributed by atoms with Crippen molar-refractivity contribution in [3.05, 3.63) is 21.3 Å². The van der Waals surface area contributed by atoms with Crippen molar-refractivity contribution in [2.24, 2.45) is 5.73 Å². The molecule has 3 N–H and O–H groups in total. The lowest BCUT2D eigenvalue weighted by atomic mass is 10.2. The standard InChI is InChI=1S/C9H11ClN2OS2/c1-5(4-7(11)14)12-9(13)8-6(10)2-3-15-8/h2-3,5H,4H2,1H3,(H2,11,14)(H,12,13). The van der Waals surface area contributed by atoms with E-state index in [0.717, 1.165) is 0 Å². The number of thiophene rings is 1. The Morgan fingerprint density at radius 3 is 2.93 bits per heavy atom. The third-order valence-corrected chi connectivity index (χ3v) is 3.22. The van der Waals surface area contributed by atoms with Gasteiger partial charge in [-0.3, -0.25) is 4.79 Å². The molecule has 0 spiro atoms. The molecule has 0 aliphatic rings. The van der Waals surface area contributed by atoms with Gasteiger partial charge in [-0.15, -0.1) is 11.3 Å². The fourth-order valence-electron chi connectivity index (χ4n) is 1.10. The van der Waals surface area contributed by atoms with Crippen molar-refractivity contribution < 1.29 is 4.79 Å². The molecular formula is C9H11ClN2OS2. The average Bonchev–Trinajstić information content (AvgIpc) is 2.49. The van der Waals surface area contributed by atoms with Crippen molar-refractivity contribution in [2.45, 2.75) is 19.4 Å². The Bertz CT molecular complexity index is 378. The second-order valence-electron chi connectivity index (χ2n) is 3.14. The van der Waals surface area contributed by atoms with Crippen LogP contribution in [0.15, 0.2) is 11.4 Å². The molecular weight excluding hydrogens is 252 g/mol. The highest BCUT2D eigenvalue weighted by atomic mass is 35.5. The molecule has 0 saturated heterocycles. The van der Waals surface area contributed by atoms with Crippen LogP contribution in [0, 0.1) is 0 Å². The van der Waals surface area contributed by atoms with Crippen molar-refractivity contribution in [3.8, 4) is 0 Å². The summed E-state index contributed by atoms with van der Waals surface area (Å²) in [5.74, 6) is -0.182. The van der Waals surface area contributed by atoms with Gasteiger partial charge in [0.15, 0.2) is 0 Å². The summed E-state index contributed by atoms with van der Waals surface area (Å²) in [5, 5.41) is 5.02. The van der Waals surface area contributed by atoms with Gasteiger partial charge in [0.1, 0.15) is 4.88 Å². The first-order chi connectivity index (χ1) is 7.00. The normalized spacial score (nSPS) is 12.1. The molecule has 0 aromatic carbocycles. The smallest absolute Gasteiger partial charge is 0.263 e. The summed E-state index contributed by atoms with van der Waals surface area (Å²) in [4.78, 5) is 12.6. The van der Waals surface area contributed by atoms with Crippen LogP contribution < -0.4 is 11.1 Å². The van der Waals surface area contributed by atoms with E-state index in [9.17, 15) is 4.79 Å². The lowest BCUT2D eigenvalue weighted by Gasteiger charge is -2.12. The lowest BCUT2D eigenvalue weighted by molar-refractivity contribution is 0.0945. The SMILES string of the molecule is CC(CC(N)=S)NC(=O)c1sccc1Cl. The minimum Gasteiger partial charge on any atom is -0.393 e. The molecule has 15 heavy (non-hydrogen) atoms. The van der Waals surface area contributed by atoms with Crippen LogP contribution in [0.1, 0.15) is 23.0 Å². The van der Waals surface area contributed by atoms with Gasteiger partial charge in [-0.25, -0.2) is 0 Å². The van der Waals surface area contributed by atoms with E-state index >= 15 is 0 Å². The number of hydrogen-bond acceptors (Lipinski definition) is 3. The third kappa shape index (κ3) is 3.77. The lowest BCUT2D eigenvalue weighted by Crippen LogP contribution is -2.34. The van der Waals surface area contributed by atoms with Crippen LogP contribution in [0.4, 0.5) is 0 Å². The monoisotopic (exact) mass is 262 g/mol. The van der Waals surface area contributed by atoms with E-state index in [1.807, 2.05) is 6.92 Å². The van der Waals surface area contributed by atoms with Crippen LogP contribution in [-0.2, 0) is 0 Å². The van der Waals surface area contributed by atoms with Crippen LogP contribution in [-0.4, -0.2) is 16.9 Å². The quantitative estimate of drug-likeness (QED) is 0.818. The van der Waals surface area contributed by atoms with Crippen molar-refractivity contribution in [2.75, 3.05) is 0 Å². The van der Waals surface area contributed by atoms with Crippen LogP contribution in [0.25, 0.3) is 0 Å². The maximum absolute atomic E-state index is 11.6. The number of nitrogens with one attached hydrogen (secondary N) is 1. The van der Waals surface area contributed by atoms with Crippen LogP contribution in [0.2, 0.25) is 5.02 Å². The molecule has 1 atom stereocenters. The van der Waals surface area contributed by atoms with E-state index in [0.29, 0.717) is 21.3 Å². The number of halogens is 1. The Morgan fingerprint density at radius 2 is 2.47 bits per heavy atom. The summed E-state index contributed by atoms with van der Waals surface area (Å²) >= 11 is 11.9. The van der Waals surface area contributed by atoms with Gasteiger partial charge in [0.25, 0.3) is 5.91 Å². The highest BCUT2D eigenvalue weighted by Crippen LogP contribution is 2.21. The van der Waals surface area contributed by atoms with Gasteiger partial charge < -0.3 is 11.1 Å². The first-order valence-electron chi connectivity index (χ1n) is 4.33. The van der Waals surface area contributed by atoms with E-state index in [2.05, 4.69) is 5.32 Å². The fraction of sp³-hybridized carbons (Fsp3) is 0.333. The van der Waals surface area contributed by atoms with E-state index in [-0.39, 0.29) is 11.9 Å². The van der Waals surface area contributed by atoms with Gasteiger partial charge in [0.2, 0.25) is 0 Å². The fourth-order valence-corrected chi connectivity index (χ4v) is 2.39. The molecule has 1 aromatic heterocycles. The largest absolute Gasteiger partial charge is 0.393 e. The predicted octanol–water partition coefficient (Wildman–Crippen LogP) is 2.20. The van der Waals surface area contributed by atoms with E-state index in [1.165, 1.54) is 11.3 Å². The molecule has 0 aliphatic carbocycles. The molecule has 0 fully saturated rings. The van der Waals surface area contributed by atoms with Crippen LogP contribution >= 0.6 is 35.2 Å². The number of nitrogens with two attached hydrogens (primary N) is 1. The number of carbonyl (C=O) groups excluding carboxylic acids is 1. The van der Waals surface area contributed by atoms with E-state index < -0.39 is 0 Å². The maximum Gasteiger partial charge on any atom is 0.263 e. The molecule has 0 saturated carbocycles. The van der Waals surface area contributed by atoms with Gasteiger partial charge in [-0.1, -0.05) is 23.8 Å². The summed E-state index contributed by atoms with van der Waals surface area (Å²) < 4.78 is 0. The highest BCUT2D eigenvalue weighted by Gasteiger charge is 2.14. The molecule has 1 amide bonds. The van der Waals surface area contributed by atoms with Crippen LogP contribution in [0.3, 0.4) is 0 Å². The van der Waals surface area contributed by atoms with Gasteiger partial charge in [-0.05, 0) is 18.4 Å². The second-order valence-corrected chi connectivity index (χ2v) is 4.99. The average molecular weight is 263 g/mol. The van der Waals surface area contributed by atoms with E-state index in [4.69, 9.17) is 29.6 Å². The van der Waals surface area contributed by atoms with Gasteiger partial charge in [0, 0.05) is 12.5 Å². The second kappa shape index (κ2) is 5.44. The van der Waals surface area contributed by atoms with Crippen molar-refractivity contribution in [3.63, 3.8) is 0 Å². The topological polar surface area (TPSA) is 55.1 Å². The Morgan fingerprint density at radius 1 is 1.80 bits per heavy atom. The predicted molar refractivity (Wildman–Crippen MR) is 67.7 cm³/mol. The first-order valence-corrected chi connectivity index (χ1v) is 5.99. The summed E-state index contributed by atoms with van der Waals surface area (Å²) in [6.45, 7) is 1.85. The Labute approximate surface area is 103 Å².